The third-order valence-corrected chi connectivity index (χ3v) is 6.86. The van der Waals surface area contributed by atoms with E-state index in [1.165, 1.54) is 4.90 Å². The van der Waals surface area contributed by atoms with Gasteiger partial charge in [0.25, 0.3) is 11.8 Å². The van der Waals surface area contributed by atoms with Crippen LogP contribution in [0.3, 0.4) is 0 Å². The summed E-state index contributed by atoms with van der Waals surface area (Å²) in [5, 5.41) is 2.82. The van der Waals surface area contributed by atoms with Gasteiger partial charge in [0.1, 0.15) is 0 Å². The molecule has 0 aromatic heterocycles. The summed E-state index contributed by atoms with van der Waals surface area (Å²) in [4.78, 5) is 54.8. The zero-order valence-electron chi connectivity index (χ0n) is 19.5. The highest BCUT2D eigenvalue weighted by molar-refractivity contribution is 6.22. The first-order valence-electron chi connectivity index (χ1n) is 11.8. The summed E-state index contributed by atoms with van der Waals surface area (Å²) in [6.45, 7) is 4.07. The lowest BCUT2D eigenvalue weighted by Gasteiger charge is -2.27. The first-order valence-corrected chi connectivity index (χ1v) is 11.8. The largest absolute Gasteiger partial charge is 0.378 e. The highest BCUT2D eigenvalue weighted by Gasteiger charge is 2.48. The molecule has 2 aromatic carbocycles. The summed E-state index contributed by atoms with van der Waals surface area (Å²) in [7, 11) is 0. The Labute approximate surface area is 203 Å². The Bertz CT molecular complexity index is 1230. The van der Waals surface area contributed by atoms with E-state index in [1.807, 2.05) is 13.0 Å². The predicted octanol–water partition coefficient (Wildman–Crippen LogP) is 3.26. The molecule has 2 saturated heterocycles. The molecule has 0 spiro atoms. The standard InChI is InChI=1S/C27H27N3O5/c1-17-8-9-22-23(14-17)27(34)30(26(22)33)21-7-3-4-18(16-21)24(31)28-20-6-2-5-19(15-20)25(32)29-10-12-35-13-11-29/h2-8,15-16,22-23H,9-14H2,1H3,(H,28,31)/t22-,23+/m1/s1. The molecule has 3 aliphatic rings. The minimum Gasteiger partial charge on any atom is -0.378 e. The molecular formula is C27H27N3O5. The van der Waals surface area contributed by atoms with E-state index in [0.29, 0.717) is 61.6 Å². The number of nitrogens with zero attached hydrogens (tertiary/aromatic N) is 2. The van der Waals surface area contributed by atoms with Crippen LogP contribution in [-0.2, 0) is 14.3 Å². The Kier molecular flexibility index (Phi) is 6.21. The molecule has 180 valence electrons. The van der Waals surface area contributed by atoms with Crippen molar-refractivity contribution in [2.24, 2.45) is 11.8 Å². The molecule has 0 bridgehead atoms. The van der Waals surface area contributed by atoms with Gasteiger partial charge in [0.05, 0.1) is 30.7 Å². The number of imide groups is 1. The number of nitrogens with one attached hydrogen (secondary N) is 1. The minimum absolute atomic E-state index is 0.108. The highest BCUT2D eigenvalue weighted by atomic mass is 16.5. The Morgan fingerprint density at radius 1 is 0.943 bits per heavy atom. The smallest absolute Gasteiger partial charge is 0.255 e. The topological polar surface area (TPSA) is 96.0 Å². The van der Waals surface area contributed by atoms with Crippen LogP contribution in [-0.4, -0.2) is 54.8 Å². The first kappa shape index (κ1) is 23.0. The Hall–Kier alpha value is -3.78. The lowest BCUT2D eigenvalue weighted by Crippen LogP contribution is -2.40. The number of morpholine rings is 1. The van der Waals surface area contributed by atoms with Crippen LogP contribution in [0.15, 0.2) is 60.2 Å². The van der Waals surface area contributed by atoms with Crippen LogP contribution in [0.2, 0.25) is 0 Å². The minimum atomic E-state index is -0.392. The zero-order chi connectivity index (χ0) is 24.5. The molecule has 2 aliphatic heterocycles. The third kappa shape index (κ3) is 4.49. The van der Waals surface area contributed by atoms with Gasteiger partial charge in [-0.1, -0.05) is 23.8 Å². The molecular weight excluding hydrogens is 446 g/mol. The van der Waals surface area contributed by atoms with Crippen LogP contribution < -0.4 is 10.2 Å². The summed E-state index contributed by atoms with van der Waals surface area (Å²) < 4.78 is 5.30. The maximum Gasteiger partial charge on any atom is 0.255 e. The maximum atomic E-state index is 13.0. The average molecular weight is 474 g/mol. The molecule has 2 aromatic rings. The maximum absolute atomic E-state index is 13.0. The molecule has 35 heavy (non-hydrogen) atoms. The van der Waals surface area contributed by atoms with Crippen molar-refractivity contribution >= 4 is 35.0 Å². The van der Waals surface area contributed by atoms with Gasteiger partial charge in [-0.15, -0.1) is 0 Å². The molecule has 5 rings (SSSR count). The Morgan fingerprint density at radius 3 is 2.46 bits per heavy atom. The van der Waals surface area contributed by atoms with E-state index < -0.39 is 5.91 Å². The molecule has 0 unspecified atom stereocenters. The van der Waals surface area contributed by atoms with Crippen molar-refractivity contribution in [3.8, 4) is 0 Å². The zero-order valence-corrected chi connectivity index (χ0v) is 19.5. The summed E-state index contributed by atoms with van der Waals surface area (Å²) >= 11 is 0. The van der Waals surface area contributed by atoms with Crippen molar-refractivity contribution in [1.29, 1.82) is 0 Å². The van der Waals surface area contributed by atoms with Crippen molar-refractivity contribution < 1.29 is 23.9 Å². The number of carbonyl (C=O) groups is 4. The molecule has 8 heteroatoms. The second-order valence-electron chi connectivity index (χ2n) is 9.21. The number of allylic oxidation sites excluding steroid dienone is 2. The third-order valence-electron chi connectivity index (χ3n) is 6.86. The van der Waals surface area contributed by atoms with Gasteiger partial charge in [-0.05, 0) is 56.2 Å². The molecule has 0 saturated carbocycles. The van der Waals surface area contributed by atoms with Crippen molar-refractivity contribution in [2.75, 3.05) is 36.5 Å². The number of amides is 4. The summed E-state index contributed by atoms with van der Waals surface area (Å²) in [5.41, 5.74) is 2.81. The van der Waals surface area contributed by atoms with Gasteiger partial charge in [-0.25, -0.2) is 0 Å². The van der Waals surface area contributed by atoms with Gasteiger partial charge in [0.2, 0.25) is 11.8 Å². The number of fused-ring (bicyclic) bond motifs is 1. The number of hydrogen-bond donors (Lipinski definition) is 1. The fourth-order valence-electron chi connectivity index (χ4n) is 4.96. The van der Waals surface area contributed by atoms with Gasteiger partial charge in [-0.3, -0.25) is 24.1 Å². The van der Waals surface area contributed by atoms with Gasteiger partial charge in [0.15, 0.2) is 0 Å². The Balaban J connectivity index is 1.32. The van der Waals surface area contributed by atoms with Crippen molar-refractivity contribution in [3.05, 3.63) is 71.3 Å². The first-order chi connectivity index (χ1) is 16.9. The van der Waals surface area contributed by atoms with E-state index in [2.05, 4.69) is 5.32 Å². The monoisotopic (exact) mass is 473 g/mol. The molecule has 8 nitrogen and oxygen atoms in total. The predicted molar refractivity (Wildman–Crippen MR) is 130 cm³/mol. The Morgan fingerprint density at radius 2 is 1.66 bits per heavy atom. The molecule has 4 amide bonds. The molecule has 0 radical (unpaired) electrons. The van der Waals surface area contributed by atoms with Gasteiger partial charge >= 0.3 is 0 Å². The second kappa shape index (κ2) is 9.46. The number of hydrogen-bond acceptors (Lipinski definition) is 5. The van der Waals surface area contributed by atoms with E-state index in [-0.39, 0.29) is 29.6 Å². The van der Waals surface area contributed by atoms with Crippen LogP contribution in [0.5, 0.6) is 0 Å². The van der Waals surface area contributed by atoms with Gasteiger partial charge in [-0.2, -0.15) is 0 Å². The van der Waals surface area contributed by atoms with E-state index in [1.54, 1.807) is 53.4 Å². The highest BCUT2D eigenvalue weighted by Crippen LogP contribution is 2.39. The van der Waals surface area contributed by atoms with Crippen molar-refractivity contribution in [2.45, 2.75) is 19.8 Å². The van der Waals surface area contributed by atoms with Crippen LogP contribution in [0, 0.1) is 11.8 Å². The van der Waals surface area contributed by atoms with E-state index >= 15 is 0 Å². The molecule has 2 heterocycles. The lowest BCUT2D eigenvalue weighted by atomic mass is 9.82. The summed E-state index contributed by atoms with van der Waals surface area (Å²) in [6.07, 6.45) is 3.18. The molecule has 1 aliphatic carbocycles. The summed E-state index contributed by atoms with van der Waals surface area (Å²) in [6, 6.07) is 13.3. The molecule has 2 fully saturated rings. The SMILES string of the molecule is CC1=CC[C@H]2C(=O)N(c3cccc(C(=O)Nc4cccc(C(=O)N5CCOCC5)c4)c3)C(=O)[C@H]2C1. The normalized spacial score (nSPS) is 22.0. The van der Waals surface area contributed by atoms with Crippen LogP contribution in [0.4, 0.5) is 11.4 Å². The second-order valence-corrected chi connectivity index (χ2v) is 9.21. The number of anilines is 2. The van der Waals surface area contributed by atoms with Crippen LogP contribution in [0.1, 0.15) is 40.5 Å². The fourth-order valence-corrected chi connectivity index (χ4v) is 4.96. The quantitative estimate of drug-likeness (QED) is 0.543. The molecule has 2 atom stereocenters. The van der Waals surface area contributed by atoms with E-state index in [0.717, 1.165) is 5.57 Å². The average Bonchev–Trinajstić information content (AvgIpc) is 3.13. The lowest BCUT2D eigenvalue weighted by molar-refractivity contribution is -0.122. The number of ether oxygens (including phenoxy) is 1. The number of carbonyl (C=O) groups excluding carboxylic acids is 4. The van der Waals surface area contributed by atoms with Gasteiger partial charge < -0.3 is 15.0 Å². The van der Waals surface area contributed by atoms with E-state index in [9.17, 15) is 19.2 Å². The van der Waals surface area contributed by atoms with Gasteiger partial charge in [0, 0.05) is 29.9 Å². The molecule has 1 N–H and O–H groups in total. The fraction of sp³-hybridized carbons (Fsp3) is 0.333. The van der Waals surface area contributed by atoms with E-state index in [4.69, 9.17) is 4.74 Å². The van der Waals surface area contributed by atoms with Crippen LogP contribution in [0.25, 0.3) is 0 Å². The van der Waals surface area contributed by atoms with Crippen LogP contribution >= 0.6 is 0 Å². The van der Waals surface area contributed by atoms with Crippen molar-refractivity contribution in [3.63, 3.8) is 0 Å². The number of benzene rings is 2. The summed E-state index contributed by atoms with van der Waals surface area (Å²) in [5.74, 6) is -1.59. The van der Waals surface area contributed by atoms with Crippen molar-refractivity contribution in [1.82, 2.24) is 4.90 Å². The number of rotatable bonds is 4.